The highest BCUT2D eigenvalue weighted by Gasteiger charge is 2.16. The van der Waals surface area contributed by atoms with Crippen LogP contribution in [0.25, 0.3) is 11.0 Å². The van der Waals surface area contributed by atoms with Crippen LogP contribution < -0.4 is 11.3 Å². The molecule has 20 heavy (non-hydrogen) atoms. The van der Waals surface area contributed by atoms with Crippen molar-refractivity contribution in [3.63, 3.8) is 0 Å². The molecule has 2 aromatic rings. The van der Waals surface area contributed by atoms with Crippen molar-refractivity contribution in [2.75, 3.05) is 19.0 Å². The van der Waals surface area contributed by atoms with Crippen LogP contribution >= 0.6 is 0 Å². The summed E-state index contributed by atoms with van der Waals surface area (Å²) in [4.78, 5) is 11.2. The maximum atomic E-state index is 5.54. The Morgan fingerprint density at radius 2 is 2.05 bits per heavy atom. The van der Waals surface area contributed by atoms with Gasteiger partial charge in [-0.05, 0) is 12.5 Å². The van der Waals surface area contributed by atoms with Crippen LogP contribution in [0.5, 0.6) is 0 Å². The Hall–Kier alpha value is -1.73. The number of hydrazine groups is 1. The molecule has 0 bridgehead atoms. The predicted molar refractivity (Wildman–Crippen MR) is 79.9 cm³/mol. The van der Waals surface area contributed by atoms with Gasteiger partial charge in [0.2, 0.25) is 0 Å². The number of nitrogens with two attached hydrogens (primary N) is 1. The molecule has 0 spiro atoms. The van der Waals surface area contributed by atoms with Crippen molar-refractivity contribution < 1.29 is 0 Å². The molecule has 2 rings (SSSR count). The van der Waals surface area contributed by atoms with E-state index in [1.54, 1.807) is 10.9 Å². The van der Waals surface area contributed by atoms with E-state index in [0.717, 1.165) is 23.4 Å². The zero-order chi connectivity index (χ0) is 14.9. The van der Waals surface area contributed by atoms with Crippen molar-refractivity contribution in [3.8, 4) is 0 Å². The number of hydrogen-bond donors (Lipinski definition) is 2. The first-order valence-corrected chi connectivity index (χ1v) is 6.64. The number of fused-ring (bicyclic) bond motifs is 1. The van der Waals surface area contributed by atoms with Gasteiger partial charge in [-0.15, -0.1) is 0 Å². The summed E-state index contributed by atoms with van der Waals surface area (Å²) in [7, 11) is 3.93. The number of hydrogen-bond acceptors (Lipinski definition) is 6. The van der Waals surface area contributed by atoms with Crippen molar-refractivity contribution in [2.45, 2.75) is 27.3 Å². The molecule has 0 aliphatic rings. The summed E-state index contributed by atoms with van der Waals surface area (Å²) in [5, 5.41) is 5.02. The van der Waals surface area contributed by atoms with Gasteiger partial charge in [0.1, 0.15) is 5.82 Å². The van der Waals surface area contributed by atoms with E-state index in [2.05, 4.69) is 53.2 Å². The Morgan fingerprint density at radius 3 is 2.65 bits per heavy atom. The summed E-state index contributed by atoms with van der Waals surface area (Å²) < 4.78 is 1.73. The largest absolute Gasteiger partial charge is 0.308 e. The molecule has 0 atom stereocenters. The van der Waals surface area contributed by atoms with Gasteiger partial charge in [-0.1, -0.05) is 20.8 Å². The van der Waals surface area contributed by atoms with Crippen LogP contribution in [0.4, 0.5) is 5.82 Å². The molecular formula is C13H23N7. The van der Waals surface area contributed by atoms with Crippen molar-refractivity contribution in [2.24, 2.45) is 18.3 Å². The van der Waals surface area contributed by atoms with E-state index in [0.29, 0.717) is 12.4 Å². The van der Waals surface area contributed by atoms with Crippen LogP contribution in [0.15, 0.2) is 6.20 Å². The average Bonchev–Trinajstić information content (AvgIpc) is 2.68. The summed E-state index contributed by atoms with van der Waals surface area (Å²) in [5.41, 5.74) is 3.64. The molecule has 0 unspecified atom stereocenters. The average molecular weight is 277 g/mol. The molecule has 0 amide bonds. The molecule has 2 aromatic heterocycles. The van der Waals surface area contributed by atoms with E-state index in [1.165, 1.54) is 0 Å². The van der Waals surface area contributed by atoms with Crippen LogP contribution in [-0.4, -0.2) is 38.2 Å². The third-order valence-electron chi connectivity index (χ3n) is 2.93. The molecule has 2 heterocycles. The third-order valence-corrected chi connectivity index (χ3v) is 2.93. The molecule has 110 valence electrons. The predicted octanol–water partition coefficient (Wildman–Crippen LogP) is 1.13. The third kappa shape index (κ3) is 3.23. The number of aryl methyl sites for hydroxylation is 1. The standard InChI is InChI=1S/C13H23N7/c1-13(2,3)8-19(4)7-10-16-11(18-14)9-6-15-20(5)12(9)17-10/h6H,7-8,14H2,1-5H3,(H,16,17,18). The van der Waals surface area contributed by atoms with E-state index >= 15 is 0 Å². The van der Waals surface area contributed by atoms with Gasteiger partial charge in [0.05, 0.1) is 18.1 Å². The first-order valence-electron chi connectivity index (χ1n) is 6.64. The van der Waals surface area contributed by atoms with Crippen LogP contribution in [0, 0.1) is 5.41 Å². The van der Waals surface area contributed by atoms with E-state index in [1.807, 2.05) is 7.05 Å². The Morgan fingerprint density at radius 1 is 1.35 bits per heavy atom. The van der Waals surface area contributed by atoms with Crippen LogP contribution in [0.3, 0.4) is 0 Å². The summed E-state index contributed by atoms with van der Waals surface area (Å²) in [6, 6.07) is 0. The topological polar surface area (TPSA) is 84.9 Å². The van der Waals surface area contributed by atoms with Gasteiger partial charge in [-0.2, -0.15) is 5.10 Å². The Bertz CT molecular complexity index is 597. The number of nitrogens with zero attached hydrogens (tertiary/aromatic N) is 5. The van der Waals surface area contributed by atoms with E-state index in [9.17, 15) is 0 Å². The van der Waals surface area contributed by atoms with Crippen LogP contribution in [-0.2, 0) is 13.6 Å². The second kappa shape index (κ2) is 5.34. The Kier molecular flexibility index (Phi) is 3.92. The molecule has 3 N–H and O–H groups in total. The summed E-state index contributed by atoms with van der Waals surface area (Å²) in [6.45, 7) is 8.27. The number of anilines is 1. The summed E-state index contributed by atoms with van der Waals surface area (Å²) >= 11 is 0. The van der Waals surface area contributed by atoms with Gasteiger partial charge in [0.15, 0.2) is 11.5 Å². The molecule has 0 fully saturated rings. The zero-order valence-electron chi connectivity index (χ0n) is 12.8. The Labute approximate surface area is 119 Å². The second-order valence-corrected chi connectivity index (χ2v) is 6.37. The highest BCUT2D eigenvalue weighted by molar-refractivity contribution is 5.86. The Balaban J connectivity index is 2.28. The fourth-order valence-corrected chi connectivity index (χ4v) is 2.36. The minimum absolute atomic E-state index is 0.236. The van der Waals surface area contributed by atoms with Crippen molar-refractivity contribution in [3.05, 3.63) is 12.0 Å². The first kappa shape index (κ1) is 14.7. The molecule has 0 saturated carbocycles. The minimum Gasteiger partial charge on any atom is -0.308 e. The summed E-state index contributed by atoms with van der Waals surface area (Å²) in [6.07, 6.45) is 1.72. The molecule has 0 aliphatic carbocycles. The quantitative estimate of drug-likeness (QED) is 0.643. The lowest BCUT2D eigenvalue weighted by Crippen LogP contribution is -2.29. The molecule has 0 radical (unpaired) electrons. The normalized spacial score (nSPS) is 12.3. The zero-order valence-corrected chi connectivity index (χ0v) is 12.8. The maximum absolute atomic E-state index is 5.54. The molecule has 0 aromatic carbocycles. The maximum Gasteiger partial charge on any atom is 0.163 e. The van der Waals surface area contributed by atoms with Gasteiger partial charge in [-0.3, -0.25) is 9.58 Å². The fourth-order valence-electron chi connectivity index (χ4n) is 2.36. The molecular weight excluding hydrogens is 254 g/mol. The molecule has 7 heteroatoms. The molecule has 0 aliphatic heterocycles. The van der Waals surface area contributed by atoms with Crippen molar-refractivity contribution in [1.29, 1.82) is 0 Å². The van der Waals surface area contributed by atoms with E-state index < -0.39 is 0 Å². The fraction of sp³-hybridized carbons (Fsp3) is 0.615. The van der Waals surface area contributed by atoms with Crippen molar-refractivity contribution in [1.82, 2.24) is 24.6 Å². The van der Waals surface area contributed by atoms with E-state index in [-0.39, 0.29) is 5.41 Å². The van der Waals surface area contributed by atoms with Gasteiger partial charge in [-0.25, -0.2) is 15.8 Å². The highest BCUT2D eigenvalue weighted by atomic mass is 15.3. The number of nitrogen functional groups attached to an aromatic ring is 1. The SMILES string of the molecule is CN(Cc1nc(NN)c2cnn(C)c2n1)CC(C)(C)C. The van der Waals surface area contributed by atoms with Gasteiger partial charge < -0.3 is 5.43 Å². The molecule has 0 saturated heterocycles. The first-order chi connectivity index (χ1) is 9.30. The van der Waals surface area contributed by atoms with Crippen LogP contribution in [0.2, 0.25) is 0 Å². The van der Waals surface area contributed by atoms with E-state index in [4.69, 9.17) is 5.84 Å². The number of rotatable bonds is 4. The number of nitrogens with one attached hydrogen (secondary N) is 1. The highest BCUT2D eigenvalue weighted by Crippen LogP contribution is 2.20. The lowest BCUT2D eigenvalue weighted by molar-refractivity contribution is 0.217. The summed E-state index contributed by atoms with van der Waals surface area (Å²) in [5.74, 6) is 6.89. The van der Waals surface area contributed by atoms with Gasteiger partial charge >= 0.3 is 0 Å². The minimum atomic E-state index is 0.236. The van der Waals surface area contributed by atoms with Crippen LogP contribution in [0.1, 0.15) is 26.6 Å². The number of aromatic nitrogens is 4. The molecule has 7 nitrogen and oxygen atoms in total. The van der Waals surface area contributed by atoms with Gasteiger partial charge in [0.25, 0.3) is 0 Å². The lowest BCUT2D eigenvalue weighted by Gasteiger charge is -2.25. The monoisotopic (exact) mass is 277 g/mol. The van der Waals surface area contributed by atoms with Gasteiger partial charge in [0, 0.05) is 13.6 Å². The lowest BCUT2D eigenvalue weighted by atomic mass is 9.96. The second-order valence-electron chi connectivity index (χ2n) is 6.37. The van der Waals surface area contributed by atoms with Crippen molar-refractivity contribution >= 4 is 16.9 Å². The smallest absolute Gasteiger partial charge is 0.163 e.